The summed E-state index contributed by atoms with van der Waals surface area (Å²) < 4.78 is 5.57. The van der Waals surface area contributed by atoms with Crippen LogP contribution in [0.5, 0.6) is 5.75 Å². The summed E-state index contributed by atoms with van der Waals surface area (Å²) >= 11 is 6.02. The summed E-state index contributed by atoms with van der Waals surface area (Å²) in [7, 11) is 0. The molecule has 3 aromatic carbocycles. The van der Waals surface area contributed by atoms with Crippen LogP contribution in [0, 0.1) is 6.92 Å². The summed E-state index contributed by atoms with van der Waals surface area (Å²) in [4.78, 5) is 19.8. The molecule has 4 aromatic rings. The van der Waals surface area contributed by atoms with Gasteiger partial charge in [-0.2, -0.15) is 0 Å². The third-order valence-electron chi connectivity index (χ3n) is 4.28. The van der Waals surface area contributed by atoms with Gasteiger partial charge in [0.2, 0.25) is 0 Å². The lowest BCUT2D eigenvalue weighted by Crippen LogP contribution is -2.20. The van der Waals surface area contributed by atoms with Gasteiger partial charge in [0.25, 0.3) is 5.91 Å². The van der Waals surface area contributed by atoms with E-state index in [4.69, 9.17) is 16.3 Å². The average Bonchev–Trinajstić information content (AvgIpc) is 3.12. The van der Waals surface area contributed by atoms with Crippen LogP contribution in [0.15, 0.2) is 66.7 Å². The molecule has 5 nitrogen and oxygen atoms in total. The fraction of sp³-hybridized carbons (Fsp3) is 0.0909. The molecule has 6 heteroatoms. The standard InChI is InChI=1S/C22H18ClN3O2/c1-14-2-7-17(8-3-14)24-21(27)13-28-18-9-4-15(5-10-18)22-25-19-11-6-16(23)12-20(19)26-22/h2-12H,13H2,1H3,(H,24,27)(H,25,26). The number of aromatic nitrogens is 2. The minimum absolute atomic E-state index is 0.0592. The Morgan fingerprint density at radius 3 is 2.57 bits per heavy atom. The van der Waals surface area contributed by atoms with E-state index in [0.717, 1.165) is 33.7 Å². The zero-order chi connectivity index (χ0) is 19.5. The van der Waals surface area contributed by atoms with Crippen molar-refractivity contribution < 1.29 is 9.53 Å². The predicted octanol–water partition coefficient (Wildman–Crippen LogP) is 5.21. The summed E-state index contributed by atoms with van der Waals surface area (Å²) in [5, 5.41) is 3.47. The third kappa shape index (κ3) is 4.15. The monoisotopic (exact) mass is 391 g/mol. The number of H-pyrrole nitrogens is 1. The summed E-state index contributed by atoms with van der Waals surface area (Å²) in [6.07, 6.45) is 0. The zero-order valence-corrected chi connectivity index (χ0v) is 16.0. The SMILES string of the molecule is Cc1ccc(NC(=O)COc2ccc(-c3nc4ccc(Cl)cc4[nH]3)cc2)cc1. The molecule has 0 unspecified atom stereocenters. The van der Waals surface area contributed by atoms with Gasteiger partial charge in [0.05, 0.1) is 11.0 Å². The van der Waals surface area contributed by atoms with Gasteiger partial charge in [-0.1, -0.05) is 29.3 Å². The van der Waals surface area contributed by atoms with Crippen molar-refractivity contribution in [3.05, 3.63) is 77.3 Å². The number of nitrogens with one attached hydrogen (secondary N) is 2. The average molecular weight is 392 g/mol. The molecule has 0 radical (unpaired) electrons. The molecule has 0 saturated carbocycles. The number of carbonyl (C=O) groups is 1. The largest absolute Gasteiger partial charge is 0.484 e. The number of anilines is 1. The first-order chi connectivity index (χ1) is 13.6. The number of imidazole rings is 1. The maximum atomic E-state index is 12.0. The van der Waals surface area contributed by atoms with Crippen molar-refractivity contribution in [2.24, 2.45) is 0 Å². The second kappa shape index (κ2) is 7.74. The van der Waals surface area contributed by atoms with Crippen molar-refractivity contribution >= 4 is 34.2 Å². The molecule has 0 bridgehead atoms. The number of hydrogen-bond acceptors (Lipinski definition) is 3. The van der Waals surface area contributed by atoms with E-state index in [1.807, 2.05) is 73.7 Å². The Morgan fingerprint density at radius 2 is 1.82 bits per heavy atom. The number of aryl methyl sites for hydroxylation is 1. The summed E-state index contributed by atoms with van der Waals surface area (Å²) in [5.41, 5.74) is 4.55. The number of nitrogens with zero attached hydrogens (tertiary/aromatic N) is 1. The molecule has 1 amide bonds. The lowest BCUT2D eigenvalue weighted by molar-refractivity contribution is -0.118. The van der Waals surface area contributed by atoms with Crippen LogP contribution in [0.25, 0.3) is 22.4 Å². The van der Waals surface area contributed by atoms with Crippen LogP contribution in [-0.4, -0.2) is 22.5 Å². The van der Waals surface area contributed by atoms with E-state index in [9.17, 15) is 4.79 Å². The molecule has 4 rings (SSSR count). The van der Waals surface area contributed by atoms with Crippen LogP contribution >= 0.6 is 11.6 Å². The maximum Gasteiger partial charge on any atom is 0.262 e. The quantitative estimate of drug-likeness (QED) is 0.490. The van der Waals surface area contributed by atoms with Crippen LogP contribution in [-0.2, 0) is 4.79 Å². The maximum absolute atomic E-state index is 12.0. The van der Waals surface area contributed by atoms with Gasteiger partial charge in [-0.05, 0) is 61.5 Å². The van der Waals surface area contributed by atoms with Crippen LogP contribution in [0.4, 0.5) is 5.69 Å². The smallest absolute Gasteiger partial charge is 0.262 e. The molecule has 28 heavy (non-hydrogen) atoms. The first-order valence-corrected chi connectivity index (χ1v) is 9.20. The molecule has 2 N–H and O–H groups in total. The van der Waals surface area contributed by atoms with Crippen molar-refractivity contribution in [2.45, 2.75) is 6.92 Å². The van der Waals surface area contributed by atoms with Crippen LogP contribution in [0.3, 0.4) is 0 Å². The van der Waals surface area contributed by atoms with E-state index < -0.39 is 0 Å². The number of hydrogen-bond donors (Lipinski definition) is 2. The minimum atomic E-state index is -0.206. The summed E-state index contributed by atoms with van der Waals surface area (Å²) in [6, 6.07) is 20.6. The van der Waals surface area contributed by atoms with Crippen molar-refractivity contribution in [3.8, 4) is 17.1 Å². The molecule has 1 aromatic heterocycles. The van der Waals surface area contributed by atoms with E-state index in [1.165, 1.54) is 0 Å². The molecule has 0 aliphatic rings. The number of benzene rings is 3. The van der Waals surface area contributed by atoms with E-state index in [-0.39, 0.29) is 12.5 Å². The fourth-order valence-electron chi connectivity index (χ4n) is 2.81. The number of halogens is 1. The molecular weight excluding hydrogens is 374 g/mol. The Morgan fingerprint density at radius 1 is 1.07 bits per heavy atom. The number of carbonyl (C=O) groups excluding carboxylic acids is 1. The van der Waals surface area contributed by atoms with Gasteiger partial charge in [-0.15, -0.1) is 0 Å². The normalized spacial score (nSPS) is 10.8. The zero-order valence-electron chi connectivity index (χ0n) is 15.2. The molecule has 140 valence electrons. The summed E-state index contributed by atoms with van der Waals surface area (Å²) in [5.74, 6) is 1.16. The van der Waals surface area contributed by atoms with E-state index in [1.54, 1.807) is 0 Å². The first kappa shape index (κ1) is 18.1. The first-order valence-electron chi connectivity index (χ1n) is 8.82. The van der Waals surface area contributed by atoms with Gasteiger partial charge in [0, 0.05) is 16.3 Å². The number of rotatable bonds is 5. The van der Waals surface area contributed by atoms with E-state index >= 15 is 0 Å². The van der Waals surface area contributed by atoms with Gasteiger partial charge in [0.1, 0.15) is 11.6 Å². The van der Waals surface area contributed by atoms with Crippen molar-refractivity contribution in [1.82, 2.24) is 9.97 Å². The Hall–Kier alpha value is -3.31. The van der Waals surface area contributed by atoms with Crippen LogP contribution in [0.2, 0.25) is 5.02 Å². The minimum Gasteiger partial charge on any atom is -0.484 e. The van der Waals surface area contributed by atoms with Gasteiger partial charge >= 0.3 is 0 Å². The number of ether oxygens (including phenoxy) is 1. The Balaban J connectivity index is 1.38. The Labute approximate surface area is 167 Å². The second-order valence-corrected chi connectivity index (χ2v) is 6.91. The molecule has 0 aliphatic heterocycles. The lowest BCUT2D eigenvalue weighted by atomic mass is 10.2. The highest BCUT2D eigenvalue weighted by atomic mass is 35.5. The molecule has 0 fully saturated rings. The number of fused-ring (bicyclic) bond motifs is 1. The van der Waals surface area contributed by atoms with Crippen molar-refractivity contribution in [2.75, 3.05) is 11.9 Å². The Bertz CT molecular complexity index is 1120. The van der Waals surface area contributed by atoms with Gasteiger partial charge in [0.15, 0.2) is 6.61 Å². The highest BCUT2D eigenvalue weighted by Crippen LogP contribution is 2.24. The van der Waals surface area contributed by atoms with Crippen molar-refractivity contribution in [3.63, 3.8) is 0 Å². The number of aromatic amines is 1. The second-order valence-electron chi connectivity index (χ2n) is 6.47. The highest BCUT2D eigenvalue weighted by Gasteiger charge is 2.07. The van der Waals surface area contributed by atoms with Gasteiger partial charge < -0.3 is 15.0 Å². The van der Waals surface area contributed by atoms with E-state index in [0.29, 0.717) is 10.8 Å². The molecule has 0 saturated heterocycles. The molecular formula is C22H18ClN3O2. The predicted molar refractivity (Wildman–Crippen MR) is 112 cm³/mol. The number of amides is 1. The molecule has 1 heterocycles. The molecule has 0 spiro atoms. The molecule has 0 aliphatic carbocycles. The molecule has 0 atom stereocenters. The topological polar surface area (TPSA) is 67.0 Å². The fourth-order valence-corrected chi connectivity index (χ4v) is 2.98. The van der Waals surface area contributed by atoms with Gasteiger partial charge in [-0.25, -0.2) is 4.98 Å². The highest BCUT2D eigenvalue weighted by molar-refractivity contribution is 6.31. The van der Waals surface area contributed by atoms with Gasteiger partial charge in [-0.3, -0.25) is 4.79 Å². The Kier molecular flexibility index (Phi) is 5.00. The van der Waals surface area contributed by atoms with Crippen LogP contribution in [0.1, 0.15) is 5.56 Å². The van der Waals surface area contributed by atoms with Crippen LogP contribution < -0.4 is 10.1 Å². The third-order valence-corrected chi connectivity index (χ3v) is 4.51. The van der Waals surface area contributed by atoms with E-state index in [2.05, 4.69) is 15.3 Å². The summed E-state index contributed by atoms with van der Waals surface area (Å²) in [6.45, 7) is 1.94. The van der Waals surface area contributed by atoms with Crippen molar-refractivity contribution in [1.29, 1.82) is 0 Å². The lowest BCUT2D eigenvalue weighted by Gasteiger charge is -2.08.